The van der Waals surface area contributed by atoms with Gasteiger partial charge in [-0.1, -0.05) is 12.1 Å². The second-order valence-corrected chi connectivity index (χ2v) is 6.09. The average Bonchev–Trinajstić information content (AvgIpc) is 3.41. The highest BCUT2D eigenvalue weighted by molar-refractivity contribution is 5.96. The van der Waals surface area contributed by atoms with Crippen LogP contribution in [0.1, 0.15) is 41.7 Å². The molecule has 1 fully saturated rings. The molecule has 5 heteroatoms. The van der Waals surface area contributed by atoms with Crippen molar-refractivity contribution in [1.29, 1.82) is 0 Å². The predicted octanol–water partition coefficient (Wildman–Crippen LogP) is 3.67. The van der Waals surface area contributed by atoms with Crippen LogP contribution in [0.3, 0.4) is 0 Å². The largest absolute Gasteiger partial charge is 0.346 e. The number of amides is 2. The fraction of sp³-hybridized carbons (Fsp3) is 0.263. The molecule has 4 nitrogen and oxygen atoms in total. The zero-order chi connectivity index (χ0) is 17.1. The Morgan fingerprint density at radius 1 is 1.04 bits per heavy atom. The molecule has 1 atom stereocenters. The zero-order valence-electron chi connectivity index (χ0n) is 13.4. The van der Waals surface area contributed by atoms with Crippen molar-refractivity contribution in [2.45, 2.75) is 25.8 Å². The van der Waals surface area contributed by atoms with E-state index in [2.05, 4.69) is 10.6 Å². The van der Waals surface area contributed by atoms with Gasteiger partial charge in [0.05, 0.1) is 6.04 Å². The van der Waals surface area contributed by atoms with Gasteiger partial charge in [-0.15, -0.1) is 0 Å². The summed E-state index contributed by atoms with van der Waals surface area (Å²) >= 11 is 0. The molecule has 124 valence electrons. The number of carbonyl (C=O) groups excluding carboxylic acids is 2. The molecule has 3 rings (SSSR count). The van der Waals surface area contributed by atoms with E-state index in [0.717, 1.165) is 18.4 Å². The van der Waals surface area contributed by atoms with Gasteiger partial charge < -0.3 is 10.6 Å². The van der Waals surface area contributed by atoms with Crippen LogP contribution in [0.15, 0.2) is 48.5 Å². The molecule has 1 saturated carbocycles. The van der Waals surface area contributed by atoms with E-state index in [1.807, 2.05) is 6.92 Å². The van der Waals surface area contributed by atoms with Crippen molar-refractivity contribution in [3.63, 3.8) is 0 Å². The first kappa shape index (κ1) is 16.2. The number of hydrogen-bond donors (Lipinski definition) is 2. The summed E-state index contributed by atoms with van der Waals surface area (Å²) in [7, 11) is 0. The van der Waals surface area contributed by atoms with Gasteiger partial charge in [0.25, 0.3) is 5.91 Å². The molecule has 2 amide bonds. The molecule has 24 heavy (non-hydrogen) atoms. The molecule has 1 unspecified atom stereocenters. The third kappa shape index (κ3) is 3.98. The van der Waals surface area contributed by atoms with Gasteiger partial charge >= 0.3 is 0 Å². The van der Waals surface area contributed by atoms with Crippen LogP contribution >= 0.6 is 0 Å². The Balaban J connectivity index is 1.59. The van der Waals surface area contributed by atoms with Crippen molar-refractivity contribution in [1.82, 2.24) is 5.32 Å². The van der Waals surface area contributed by atoms with Crippen molar-refractivity contribution >= 4 is 17.5 Å². The van der Waals surface area contributed by atoms with Crippen LogP contribution in [0.25, 0.3) is 0 Å². The molecular formula is C19H19FN2O2. The Bertz CT molecular complexity index is 737. The van der Waals surface area contributed by atoms with Crippen LogP contribution in [-0.4, -0.2) is 11.8 Å². The molecule has 0 aromatic heterocycles. The number of nitrogens with one attached hydrogen (secondary N) is 2. The smallest absolute Gasteiger partial charge is 0.251 e. The first-order chi connectivity index (χ1) is 11.5. The molecule has 2 N–H and O–H groups in total. The molecule has 2 aromatic rings. The third-order valence-corrected chi connectivity index (χ3v) is 4.08. The Morgan fingerprint density at radius 3 is 2.25 bits per heavy atom. The lowest BCUT2D eigenvalue weighted by Crippen LogP contribution is -2.26. The fourth-order valence-electron chi connectivity index (χ4n) is 2.41. The van der Waals surface area contributed by atoms with Crippen molar-refractivity contribution in [3.8, 4) is 0 Å². The zero-order valence-corrected chi connectivity index (χ0v) is 13.4. The lowest BCUT2D eigenvalue weighted by molar-refractivity contribution is -0.117. The molecule has 0 spiro atoms. The van der Waals surface area contributed by atoms with E-state index in [4.69, 9.17) is 0 Å². The molecular weight excluding hydrogens is 307 g/mol. The number of halogens is 1. The second-order valence-electron chi connectivity index (χ2n) is 6.09. The van der Waals surface area contributed by atoms with Crippen LogP contribution in [0.4, 0.5) is 10.1 Å². The van der Waals surface area contributed by atoms with E-state index >= 15 is 0 Å². The molecule has 0 aliphatic heterocycles. The highest BCUT2D eigenvalue weighted by Gasteiger charge is 2.29. The number of benzene rings is 2. The first-order valence-corrected chi connectivity index (χ1v) is 8.00. The number of rotatable bonds is 5. The molecule has 0 radical (unpaired) electrons. The van der Waals surface area contributed by atoms with Gasteiger partial charge in [0.15, 0.2) is 0 Å². The standard InChI is InChI=1S/C19H19FN2O2/c1-12(13-4-8-16(20)9-5-13)21-18(23)15-6-10-17(11-7-15)22-19(24)14-2-3-14/h4-12,14H,2-3H2,1H3,(H,21,23)(H,22,24). The van der Waals surface area contributed by atoms with E-state index in [0.29, 0.717) is 11.3 Å². The Labute approximate surface area is 140 Å². The van der Waals surface area contributed by atoms with E-state index in [1.54, 1.807) is 36.4 Å². The van der Waals surface area contributed by atoms with Gasteiger partial charge in [-0.2, -0.15) is 0 Å². The molecule has 0 heterocycles. The van der Waals surface area contributed by atoms with E-state index in [-0.39, 0.29) is 29.6 Å². The van der Waals surface area contributed by atoms with Gasteiger partial charge in [0, 0.05) is 17.2 Å². The minimum absolute atomic E-state index is 0.0390. The van der Waals surface area contributed by atoms with Crippen LogP contribution in [0, 0.1) is 11.7 Å². The molecule has 0 saturated heterocycles. The van der Waals surface area contributed by atoms with Crippen molar-refractivity contribution in [3.05, 3.63) is 65.5 Å². The van der Waals surface area contributed by atoms with Crippen molar-refractivity contribution in [2.24, 2.45) is 5.92 Å². The van der Waals surface area contributed by atoms with E-state index < -0.39 is 0 Å². The van der Waals surface area contributed by atoms with Crippen molar-refractivity contribution in [2.75, 3.05) is 5.32 Å². The summed E-state index contributed by atoms with van der Waals surface area (Å²) in [5.74, 6) is -0.338. The quantitative estimate of drug-likeness (QED) is 0.881. The molecule has 2 aromatic carbocycles. The summed E-state index contributed by atoms with van der Waals surface area (Å²) in [6, 6.07) is 12.6. The normalized spacial score (nSPS) is 14.8. The summed E-state index contributed by atoms with van der Waals surface area (Å²) in [6.45, 7) is 1.84. The lowest BCUT2D eigenvalue weighted by Gasteiger charge is -2.14. The SMILES string of the molecule is CC(NC(=O)c1ccc(NC(=O)C2CC2)cc1)c1ccc(F)cc1. The average molecular weight is 326 g/mol. The maximum absolute atomic E-state index is 12.9. The van der Waals surface area contributed by atoms with Gasteiger partial charge in [-0.3, -0.25) is 9.59 Å². The van der Waals surface area contributed by atoms with Gasteiger partial charge in [-0.25, -0.2) is 4.39 Å². The molecule has 1 aliphatic rings. The first-order valence-electron chi connectivity index (χ1n) is 8.00. The topological polar surface area (TPSA) is 58.2 Å². The summed E-state index contributed by atoms with van der Waals surface area (Å²) < 4.78 is 12.9. The second kappa shape index (κ2) is 6.83. The monoisotopic (exact) mass is 326 g/mol. The van der Waals surface area contributed by atoms with E-state index in [1.165, 1.54) is 12.1 Å². The molecule has 0 bridgehead atoms. The van der Waals surface area contributed by atoms with Gasteiger partial charge in [0.2, 0.25) is 5.91 Å². The highest BCUT2D eigenvalue weighted by Crippen LogP contribution is 2.30. The number of carbonyl (C=O) groups is 2. The van der Waals surface area contributed by atoms with Crippen LogP contribution in [0.5, 0.6) is 0 Å². The van der Waals surface area contributed by atoms with E-state index in [9.17, 15) is 14.0 Å². The maximum atomic E-state index is 12.9. The predicted molar refractivity (Wildman–Crippen MR) is 90.1 cm³/mol. The minimum atomic E-state index is -0.305. The minimum Gasteiger partial charge on any atom is -0.346 e. The number of hydrogen-bond acceptors (Lipinski definition) is 2. The van der Waals surface area contributed by atoms with Crippen LogP contribution in [-0.2, 0) is 4.79 Å². The highest BCUT2D eigenvalue weighted by atomic mass is 19.1. The van der Waals surface area contributed by atoms with Gasteiger partial charge in [0.1, 0.15) is 5.82 Å². The van der Waals surface area contributed by atoms with Crippen LogP contribution < -0.4 is 10.6 Å². The molecule has 1 aliphatic carbocycles. The number of anilines is 1. The third-order valence-electron chi connectivity index (χ3n) is 4.08. The summed E-state index contributed by atoms with van der Waals surface area (Å²) in [4.78, 5) is 24.0. The Kier molecular flexibility index (Phi) is 4.60. The maximum Gasteiger partial charge on any atom is 0.251 e. The van der Waals surface area contributed by atoms with Crippen LogP contribution in [0.2, 0.25) is 0 Å². The van der Waals surface area contributed by atoms with Gasteiger partial charge in [-0.05, 0) is 61.7 Å². The lowest BCUT2D eigenvalue weighted by atomic mass is 10.1. The Hall–Kier alpha value is -2.69. The van der Waals surface area contributed by atoms with Crippen molar-refractivity contribution < 1.29 is 14.0 Å². The fourth-order valence-corrected chi connectivity index (χ4v) is 2.41. The summed E-state index contributed by atoms with van der Waals surface area (Å²) in [6.07, 6.45) is 1.90. The summed E-state index contributed by atoms with van der Waals surface area (Å²) in [5, 5.41) is 5.71. The Morgan fingerprint density at radius 2 is 1.67 bits per heavy atom. The summed E-state index contributed by atoms with van der Waals surface area (Å²) in [5.41, 5.74) is 2.03.